The van der Waals surface area contributed by atoms with E-state index in [4.69, 9.17) is 0 Å². The molecule has 0 aromatic heterocycles. The second-order valence-electron chi connectivity index (χ2n) is 9.00. The summed E-state index contributed by atoms with van der Waals surface area (Å²) in [6.45, 7) is 12.4. The molecule has 2 rings (SSSR count). The highest BCUT2D eigenvalue weighted by molar-refractivity contribution is 5.88. The minimum atomic E-state index is -0.428. The maximum absolute atomic E-state index is 12.6. The van der Waals surface area contributed by atoms with Crippen LogP contribution in [0.25, 0.3) is 0 Å². The lowest BCUT2D eigenvalue weighted by molar-refractivity contribution is -0.132. The van der Waals surface area contributed by atoms with Gasteiger partial charge in [0, 0.05) is 19.0 Å². The lowest BCUT2D eigenvalue weighted by atomic mass is 9.82. The lowest BCUT2D eigenvalue weighted by Gasteiger charge is -2.31. The Kier molecular flexibility index (Phi) is 8.39. The normalized spacial score (nSPS) is 26.5. The van der Waals surface area contributed by atoms with Gasteiger partial charge < -0.3 is 15.5 Å². The molecule has 1 heterocycles. The predicted octanol–water partition coefficient (Wildman–Crippen LogP) is 2.80. The summed E-state index contributed by atoms with van der Waals surface area (Å²) < 4.78 is 0. The molecule has 0 spiro atoms. The van der Waals surface area contributed by atoms with Gasteiger partial charge in [-0.25, -0.2) is 0 Å². The predicted molar refractivity (Wildman–Crippen MR) is 106 cm³/mol. The summed E-state index contributed by atoms with van der Waals surface area (Å²) in [5, 5.41) is 6.07. The van der Waals surface area contributed by atoms with Crippen LogP contribution in [0.15, 0.2) is 0 Å². The van der Waals surface area contributed by atoms with Crippen LogP contribution in [0.2, 0.25) is 0 Å². The van der Waals surface area contributed by atoms with E-state index in [1.807, 2.05) is 13.8 Å². The van der Waals surface area contributed by atoms with E-state index < -0.39 is 6.04 Å². The van der Waals surface area contributed by atoms with E-state index in [2.05, 4.69) is 29.4 Å². The summed E-state index contributed by atoms with van der Waals surface area (Å²) in [6, 6.07) is -0.428. The molecule has 1 aliphatic heterocycles. The molecule has 1 saturated heterocycles. The number of amides is 2. The number of carbonyl (C=O) groups is 2. The fourth-order valence-electron chi connectivity index (χ4n) is 4.06. The van der Waals surface area contributed by atoms with Crippen LogP contribution in [0.5, 0.6) is 0 Å². The van der Waals surface area contributed by atoms with E-state index in [1.165, 1.54) is 12.8 Å². The Labute approximate surface area is 159 Å². The molecule has 5 heteroatoms. The van der Waals surface area contributed by atoms with Crippen molar-refractivity contribution in [1.29, 1.82) is 0 Å². The van der Waals surface area contributed by atoms with Gasteiger partial charge in [0.15, 0.2) is 0 Å². The fourth-order valence-corrected chi connectivity index (χ4v) is 4.06. The number of carbonyl (C=O) groups excluding carboxylic acids is 2. The molecule has 1 atom stereocenters. The maximum atomic E-state index is 12.6. The van der Waals surface area contributed by atoms with Crippen LogP contribution in [-0.4, -0.2) is 48.9 Å². The molecule has 1 saturated carbocycles. The smallest absolute Gasteiger partial charge is 0.242 e. The molecule has 0 aromatic carbocycles. The largest absolute Gasteiger partial charge is 0.353 e. The van der Waals surface area contributed by atoms with Gasteiger partial charge in [-0.15, -0.1) is 0 Å². The van der Waals surface area contributed by atoms with Crippen molar-refractivity contribution in [1.82, 2.24) is 15.5 Å². The Balaban J connectivity index is 1.74. The van der Waals surface area contributed by atoms with Gasteiger partial charge in [-0.2, -0.15) is 0 Å². The minimum absolute atomic E-state index is 0.0390. The average Bonchev–Trinajstić information content (AvgIpc) is 2.61. The number of nitrogens with zero attached hydrogens (tertiary/aromatic N) is 1. The van der Waals surface area contributed by atoms with E-state index in [-0.39, 0.29) is 23.7 Å². The molecule has 0 unspecified atom stereocenters. The Morgan fingerprint density at radius 3 is 2.12 bits per heavy atom. The Morgan fingerprint density at radius 1 is 0.962 bits per heavy atom. The van der Waals surface area contributed by atoms with E-state index in [0.717, 1.165) is 57.2 Å². The summed E-state index contributed by atoms with van der Waals surface area (Å²) >= 11 is 0. The molecule has 5 nitrogen and oxygen atoms in total. The Hall–Kier alpha value is -1.10. The quantitative estimate of drug-likeness (QED) is 0.729. The topological polar surface area (TPSA) is 61.4 Å². The number of piperidine rings is 1. The van der Waals surface area contributed by atoms with Crippen molar-refractivity contribution in [3.63, 3.8) is 0 Å². The number of nitrogens with one attached hydrogen (secondary N) is 2. The maximum Gasteiger partial charge on any atom is 0.242 e. The average molecular weight is 366 g/mol. The van der Waals surface area contributed by atoms with Crippen LogP contribution >= 0.6 is 0 Å². The summed E-state index contributed by atoms with van der Waals surface area (Å²) in [7, 11) is 0. The highest BCUT2D eigenvalue weighted by Gasteiger charge is 2.29. The number of hydrogen-bond donors (Lipinski definition) is 2. The third-order valence-corrected chi connectivity index (χ3v) is 6.24. The number of likely N-dealkylation sites (tertiary alicyclic amines) is 1. The first-order valence-corrected chi connectivity index (χ1v) is 10.7. The zero-order chi connectivity index (χ0) is 19.1. The molecule has 0 radical (unpaired) electrons. The molecule has 2 aliphatic rings. The van der Waals surface area contributed by atoms with E-state index in [9.17, 15) is 9.59 Å². The van der Waals surface area contributed by atoms with Crippen LogP contribution in [0.4, 0.5) is 0 Å². The van der Waals surface area contributed by atoms with Gasteiger partial charge in [-0.3, -0.25) is 9.59 Å². The minimum Gasteiger partial charge on any atom is -0.353 e. The standard InChI is InChI=1S/C21H39N3O2/c1-15(2)19(23-20(25)18-7-5-16(3)6-8-18)21(26)22-11-14-24-12-9-17(4)10-13-24/h15-19H,5-14H2,1-4H3,(H,22,26)(H,23,25)/t16?,18?,19-/m0/s1. The first kappa shape index (κ1) is 21.2. The summed E-state index contributed by atoms with van der Waals surface area (Å²) in [5.41, 5.74) is 0. The van der Waals surface area contributed by atoms with Gasteiger partial charge >= 0.3 is 0 Å². The first-order chi connectivity index (χ1) is 12.4. The van der Waals surface area contributed by atoms with Crippen molar-refractivity contribution in [3.8, 4) is 0 Å². The van der Waals surface area contributed by atoms with E-state index in [0.29, 0.717) is 6.54 Å². The van der Waals surface area contributed by atoms with Crippen LogP contribution in [0.3, 0.4) is 0 Å². The van der Waals surface area contributed by atoms with Crippen molar-refractivity contribution in [3.05, 3.63) is 0 Å². The van der Waals surface area contributed by atoms with E-state index in [1.54, 1.807) is 0 Å². The highest BCUT2D eigenvalue weighted by atomic mass is 16.2. The molecule has 2 N–H and O–H groups in total. The summed E-state index contributed by atoms with van der Waals surface area (Å²) in [5.74, 6) is 1.75. The Bertz CT molecular complexity index is 450. The first-order valence-electron chi connectivity index (χ1n) is 10.7. The molecule has 0 aromatic rings. The molecular weight excluding hydrogens is 326 g/mol. The van der Waals surface area contributed by atoms with Crippen LogP contribution in [0, 0.1) is 23.7 Å². The molecule has 0 bridgehead atoms. The third kappa shape index (κ3) is 6.57. The number of rotatable bonds is 7. The SMILES string of the molecule is CC1CCC(C(=O)N[C@H](C(=O)NCCN2CCC(C)CC2)C(C)C)CC1. The monoisotopic (exact) mass is 365 g/mol. The number of hydrogen-bond acceptors (Lipinski definition) is 3. The second-order valence-corrected chi connectivity index (χ2v) is 9.00. The zero-order valence-electron chi connectivity index (χ0n) is 17.2. The highest BCUT2D eigenvalue weighted by Crippen LogP contribution is 2.28. The lowest BCUT2D eigenvalue weighted by Crippen LogP contribution is -2.52. The Morgan fingerprint density at radius 2 is 1.54 bits per heavy atom. The van der Waals surface area contributed by atoms with E-state index >= 15 is 0 Å². The molecule has 26 heavy (non-hydrogen) atoms. The van der Waals surface area contributed by atoms with Crippen molar-refractivity contribution >= 4 is 11.8 Å². The third-order valence-electron chi connectivity index (χ3n) is 6.24. The van der Waals surface area contributed by atoms with Crippen molar-refractivity contribution < 1.29 is 9.59 Å². The van der Waals surface area contributed by atoms with Crippen LogP contribution < -0.4 is 10.6 Å². The molecular formula is C21H39N3O2. The molecule has 2 amide bonds. The summed E-state index contributed by atoms with van der Waals surface area (Å²) in [6.07, 6.45) is 6.63. The van der Waals surface area contributed by atoms with Crippen LogP contribution in [0.1, 0.15) is 66.2 Å². The van der Waals surface area contributed by atoms with Crippen molar-refractivity contribution in [2.24, 2.45) is 23.7 Å². The molecule has 150 valence electrons. The van der Waals surface area contributed by atoms with Crippen LogP contribution in [-0.2, 0) is 9.59 Å². The van der Waals surface area contributed by atoms with Gasteiger partial charge in [0.2, 0.25) is 11.8 Å². The molecule has 2 fully saturated rings. The molecule has 1 aliphatic carbocycles. The van der Waals surface area contributed by atoms with Gasteiger partial charge in [0.25, 0.3) is 0 Å². The van der Waals surface area contributed by atoms with Gasteiger partial charge in [0.1, 0.15) is 6.04 Å². The van der Waals surface area contributed by atoms with Crippen molar-refractivity contribution in [2.75, 3.05) is 26.2 Å². The van der Waals surface area contributed by atoms with Gasteiger partial charge in [0.05, 0.1) is 0 Å². The zero-order valence-corrected chi connectivity index (χ0v) is 17.2. The second kappa shape index (κ2) is 10.3. The van der Waals surface area contributed by atoms with Crippen molar-refractivity contribution in [2.45, 2.75) is 72.3 Å². The summed E-state index contributed by atoms with van der Waals surface area (Å²) in [4.78, 5) is 27.6. The van der Waals surface area contributed by atoms with Gasteiger partial charge in [-0.1, -0.05) is 27.7 Å². The van der Waals surface area contributed by atoms with Gasteiger partial charge in [-0.05, 0) is 69.4 Å². The fraction of sp³-hybridized carbons (Fsp3) is 0.905.